The number of nitrogens with one attached hydrogen (secondary N) is 3. The van der Waals surface area contributed by atoms with E-state index in [9.17, 15) is 9.59 Å². The quantitative estimate of drug-likeness (QED) is 0.287. The molecule has 0 aliphatic carbocycles. The van der Waals surface area contributed by atoms with Crippen molar-refractivity contribution in [3.8, 4) is 0 Å². The van der Waals surface area contributed by atoms with E-state index in [1.54, 1.807) is 38.1 Å². The third-order valence-electron chi connectivity index (χ3n) is 5.01. The number of hydrogen-bond acceptors (Lipinski definition) is 10. The lowest BCUT2D eigenvalue weighted by Crippen LogP contribution is -2.35. The Morgan fingerprint density at radius 2 is 2.06 bits per heavy atom. The molecule has 12 heteroatoms. The number of methoxy groups -OCH3 is 1. The van der Waals surface area contributed by atoms with Gasteiger partial charge < -0.3 is 30.6 Å². The van der Waals surface area contributed by atoms with E-state index in [1.807, 2.05) is 0 Å². The second-order valence-corrected chi connectivity index (χ2v) is 7.72. The maximum Gasteiger partial charge on any atom is 0.336 e. The number of nitrogens with two attached hydrogens (primary N) is 1. The zero-order chi connectivity index (χ0) is 24.7. The van der Waals surface area contributed by atoms with E-state index in [0.717, 1.165) is 0 Å². The van der Waals surface area contributed by atoms with Crippen molar-refractivity contribution in [1.82, 2.24) is 20.5 Å². The Morgan fingerprint density at radius 3 is 2.71 bits per heavy atom. The molecule has 1 atom stereocenters. The molecular formula is C22H27ClN6O5. The Kier molecular flexibility index (Phi) is 8.50. The van der Waals surface area contributed by atoms with Crippen LogP contribution in [0.2, 0.25) is 5.02 Å². The first-order chi connectivity index (χ1) is 16.3. The number of anilines is 2. The van der Waals surface area contributed by atoms with Gasteiger partial charge in [0.1, 0.15) is 0 Å². The predicted octanol–water partition coefficient (Wildman–Crippen LogP) is 2.12. The van der Waals surface area contributed by atoms with Gasteiger partial charge in [0, 0.05) is 17.3 Å². The fourth-order valence-electron chi connectivity index (χ4n) is 3.62. The topological polar surface area (TPSA) is 153 Å². The number of allylic oxidation sites excluding steroid dienone is 1. The molecule has 34 heavy (non-hydrogen) atoms. The molecule has 0 fully saturated rings. The van der Waals surface area contributed by atoms with Crippen molar-refractivity contribution in [2.24, 2.45) is 0 Å². The molecule has 1 aliphatic heterocycles. The average Bonchev–Trinajstić information content (AvgIpc) is 3.22. The van der Waals surface area contributed by atoms with Crippen LogP contribution < -0.4 is 16.4 Å². The van der Waals surface area contributed by atoms with E-state index in [4.69, 9.17) is 31.5 Å². The smallest absolute Gasteiger partial charge is 0.336 e. The van der Waals surface area contributed by atoms with Gasteiger partial charge >= 0.3 is 11.9 Å². The maximum absolute atomic E-state index is 13.1. The first-order valence-corrected chi connectivity index (χ1v) is 10.9. The van der Waals surface area contributed by atoms with E-state index in [-0.39, 0.29) is 31.3 Å². The number of dihydropyridines is 1. The number of aromatic amines is 1. The summed E-state index contributed by atoms with van der Waals surface area (Å²) in [6.45, 7) is 4.36. The molecule has 1 aromatic carbocycles. The Bertz CT molecular complexity index is 1110. The number of ether oxygens (including phenoxy) is 3. The van der Waals surface area contributed by atoms with Gasteiger partial charge in [-0.2, -0.15) is 4.98 Å². The third kappa shape index (κ3) is 5.86. The van der Waals surface area contributed by atoms with Crippen LogP contribution in [0.4, 0.5) is 11.9 Å². The van der Waals surface area contributed by atoms with Crippen molar-refractivity contribution in [2.75, 3.05) is 44.5 Å². The van der Waals surface area contributed by atoms with E-state index in [2.05, 4.69) is 25.8 Å². The molecule has 0 bridgehead atoms. The fourth-order valence-corrected chi connectivity index (χ4v) is 3.82. The highest BCUT2D eigenvalue weighted by Crippen LogP contribution is 2.40. The van der Waals surface area contributed by atoms with Gasteiger partial charge in [0.25, 0.3) is 0 Å². The van der Waals surface area contributed by atoms with Crippen LogP contribution in [0, 0.1) is 0 Å². The average molecular weight is 491 g/mol. The van der Waals surface area contributed by atoms with Crippen molar-refractivity contribution >= 4 is 35.4 Å². The summed E-state index contributed by atoms with van der Waals surface area (Å²) in [6.07, 6.45) is 0. The molecule has 5 N–H and O–H groups in total. The lowest BCUT2D eigenvalue weighted by molar-refractivity contribution is -0.139. The van der Waals surface area contributed by atoms with E-state index < -0.39 is 17.9 Å². The fraction of sp³-hybridized carbons (Fsp3) is 0.364. The van der Waals surface area contributed by atoms with Crippen LogP contribution in [0.25, 0.3) is 0 Å². The van der Waals surface area contributed by atoms with Crippen molar-refractivity contribution in [1.29, 1.82) is 0 Å². The maximum atomic E-state index is 13.1. The number of nitrogens with zero attached hydrogens (tertiary/aromatic N) is 2. The summed E-state index contributed by atoms with van der Waals surface area (Å²) in [6, 6.07) is 6.97. The molecule has 0 radical (unpaired) electrons. The molecule has 1 unspecified atom stereocenters. The molecule has 1 aliphatic rings. The summed E-state index contributed by atoms with van der Waals surface area (Å²) < 4.78 is 16.1. The molecule has 11 nitrogen and oxygen atoms in total. The van der Waals surface area contributed by atoms with Crippen molar-refractivity contribution in [2.45, 2.75) is 19.8 Å². The summed E-state index contributed by atoms with van der Waals surface area (Å²) in [5, 5.41) is 13.0. The first-order valence-electron chi connectivity index (χ1n) is 10.6. The summed E-state index contributed by atoms with van der Waals surface area (Å²) in [4.78, 5) is 29.8. The number of rotatable bonds is 10. The Labute approximate surface area is 201 Å². The first kappa shape index (κ1) is 25.1. The third-order valence-corrected chi connectivity index (χ3v) is 5.24. The molecule has 0 amide bonds. The summed E-state index contributed by atoms with van der Waals surface area (Å²) >= 11 is 6.22. The number of hydrogen-bond donors (Lipinski definition) is 4. The normalized spacial score (nSPS) is 15.7. The SMILES string of the molecule is CCOC(=O)C1=C(COCCNc2n[nH]c(N)n2)NC(C)=C(C(=O)OC)C1c1cccc(Cl)c1. The highest BCUT2D eigenvalue weighted by atomic mass is 35.5. The number of carbonyl (C=O) groups is 2. The number of carbonyl (C=O) groups excluding carboxylic acids is 2. The monoisotopic (exact) mass is 490 g/mol. The number of aromatic nitrogens is 3. The van der Waals surface area contributed by atoms with Gasteiger partial charge in [0.05, 0.1) is 49.7 Å². The van der Waals surface area contributed by atoms with Crippen LogP contribution in [0.1, 0.15) is 25.3 Å². The Morgan fingerprint density at radius 1 is 1.26 bits per heavy atom. The summed E-state index contributed by atoms with van der Waals surface area (Å²) in [5.41, 5.74) is 7.72. The largest absolute Gasteiger partial charge is 0.466 e. The van der Waals surface area contributed by atoms with Gasteiger partial charge in [-0.25, -0.2) is 14.7 Å². The van der Waals surface area contributed by atoms with Crippen LogP contribution in [0.15, 0.2) is 46.8 Å². The van der Waals surface area contributed by atoms with Crippen molar-refractivity contribution in [3.63, 3.8) is 0 Å². The predicted molar refractivity (Wildman–Crippen MR) is 126 cm³/mol. The molecule has 182 valence electrons. The Hall–Kier alpha value is -3.57. The van der Waals surface area contributed by atoms with E-state index in [0.29, 0.717) is 40.0 Å². The molecule has 2 heterocycles. The molecule has 0 saturated heterocycles. The lowest BCUT2D eigenvalue weighted by Gasteiger charge is -2.31. The standard InChI is InChI=1S/C22H27ClN6O5/c1-4-34-20(31)18-15(11-33-9-8-25-22-27-21(24)28-29-22)26-12(2)16(19(30)32-3)17(18)13-6-5-7-14(23)10-13/h5-7,10,17,26H,4,8-9,11H2,1-3H3,(H4,24,25,27,28,29). The Balaban J connectivity index is 1.89. The van der Waals surface area contributed by atoms with Crippen molar-refractivity contribution in [3.05, 3.63) is 57.4 Å². The molecule has 3 rings (SSSR count). The molecule has 1 aromatic heterocycles. The highest BCUT2D eigenvalue weighted by Gasteiger charge is 2.38. The van der Waals surface area contributed by atoms with Crippen LogP contribution in [-0.2, 0) is 23.8 Å². The van der Waals surface area contributed by atoms with Crippen LogP contribution in [0.3, 0.4) is 0 Å². The van der Waals surface area contributed by atoms with Gasteiger partial charge in [-0.15, -0.1) is 5.10 Å². The van der Waals surface area contributed by atoms with Gasteiger partial charge in [0.15, 0.2) is 0 Å². The van der Waals surface area contributed by atoms with Gasteiger partial charge in [0.2, 0.25) is 11.9 Å². The van der Waals surface area contributed by atoms with Crippen LogP contribution >= 0.6 is 11.6 Å². The molecular weight excluding hydrogens is 464 g/mol. The number of esters is 2. The molecule has 0 saturated carbocycles. The van der Waals surface area contributed by atoms with Gasteiger partial charge in [-0.05, 0) is 31.5 Å². The minimum absolute atomic E-state index is 0.0643. The number of nitrogen functional groups attached to an aromatic ring is 1. The van der Waals surface area contributed by atoms with E-state index in [1.165, 1.54) is 7.11 Å². The number of H-pyrrole nitrogens is 1. The number of halogens is 1. The zero-order valence-electron chi connectivity index (χ0n) is 19.1. The number of benzene rings is 1. The zero-order valence-corrected chi connectivity index (χ0v) is 19.9. The van der Waals surface area contributed by atoms with Crippen LogP contribution in [-0.4, -0.2) is 60.6 Å². The van der Waals surface area contributed by atoms with Gasteiger partial charge in [-0.3, -0.25) is 0 Å². The summed E-state index contributed by atoms with van der Waals surface area (Å²) in [5.74, 6) is -1.33. The minimum Gasteiger partial charge on any atom is -0.466 e. The highest BCUT2D eigenvalue weighted by molar-refractivity contribution is 6.30. The van der Waals surface area contributed by atoms with E-state index >= 15 is 0 Å². The molecule has 2 aromatic rings. The second kappa shape index (κ2) is 11.5. The molecule has 0 spiro atoms. The summed E-state index contributed by atoms with van der Waals surface area (Å²) in [7, 11) is 1.29. The second-order valence-electron chi connectivity index (χ2n) is 7.28. The van der Waals surface area contributed by atoms with Crippen molar-refractivity contribution < 1.29 is 23.8 Å². The lowest BCUT2D eigenvalue weighted by atomic mass is 9.80. The minimum atomic E-state index is -0.751. The van der Waals surface area contributed by atoms with Crippen LogP contribution in [0.5, 0.6) is 0 Å². The van der Waals surface area contributed by atoms with Gasteiger partial charge in [-0.1, -0.05) is 23.7 Å².